The molecule has 0 bridgehead atoms. The highest BCUT2D eigenvalue weighted by molar-refractivity contribution is 5.78. The third kappa shape index (κ3) is 6.59. The Kier molecular flexibility index (Phi) is 6.79. The minimum Gasteiger partial charge on any atom is -0.352 e. The predicted molar refractivity (Wildman–Crippen MR) is 72.3 cm³/mol. The molecule has 1 saturated heterocycles. The summed E-state index contributed by atoms with van der Waals surface area (Å²) in [6.45, 7) is 5.17. The molecular formula is C14H25F3N2O. The van der Waals surface area contributed by atoms with Crippen LogP contribution in [-0.4, -0.2) is 42.7 Å². The van der Waals surface area contributed by atoms with Crippen molar-refractivity contribution in [2.24, 2.45) is 5.92 Å². The average Bonchev–Trinajstić information content (AvgIpc) is 2.36. The zero-order valence-corrected chi connectivity index (χ0v) is 12.3. The van der Waals surface area contributed by atoms with Gasteiger partial charge in [-0.15, -0.1) is 0 Å². The van der Waals surface area contributed by atoms with E-state index in [0.29, 0.717) is 13.1 Å². The number of rotatable bonds is 6. The maximum absolute atomic E-state index is 12.2. The fourth-order valence-corrected chi connectivity index (χ4v) is 2.57. The Labute approximate surface area is 118 Å². The van der Waals surface area contributed by atoms with Crippen LogP contribution in [0.2, 0.25) is 0 Å². The van der Waals surface area contributed by atoms with Crippen molar-refractivity contribution in [1.29, 1.82) is 0 Å². The van der Waals surface area contributed by atoms with Gasteiger partial charge < -0.3 is 10.2 Å². The Morgan fingerprint density at radius 2 is 2.15 bits per heavy atom. The molecule has 0 saturated carbocycles. The molecule has 1 amide bonds. The lowest BCUT2D eigenvalue weighted by molar-refractivity contribution is -0.139. The van der Waals surface area contributed by atoms with Crippen molar-refractivity contribution >= 4 is 5.91 Å². The highest BCUT2D eigenvalue weighted by Crippen LogP contribution is 2.21. The van der Waals surface area contributed by atoms with E-state index >= 15 is 0 Å². The van der Waals surface area contributed by atoms with Crippen molar-refractivity contribution in [1.82, 2.24) is 10.2 Å². The van der Waals surface area contributed by atoms with Gasteiger partial charge in [0.1, 0.15) is 0 Å². The van der Waals surface area contributed by atoms with E-state index in [2.05, 4.69) is 5.32 Å². The molecule has 1 heterocycles. The number of piperidine rings is 1. The summed E-state index contributed by atoms with van der Waals surface area (Å²) >= 11 is 0. The molecule has 1 rings (SSSR count). The molecule has 0 aliphatic carbocycles. The van der Waals surface area contributed by atoms with Crippen LogP contribution in [0.5, 0.6) is 0 Å². The Bertz CT molecular complexity index is 307. The van der Waals surface area contributed by atoms with Gasteiger partial charge in [0.2, 0.25) is 5.91 Å². The van der Waals surface area contributed by atoms with Crippen LogP contribution >= 0.6 is 0 Å². The quantitative estimate of drug-likeness (QED) is 0.817. The number of nitrogens with zero attached hydrogens (tertiary/aromatic N) is 1. The molecule has 1 fully saturated rings. The predicted octanol–water partition coefficient (Wildman–Crippen LogP) is 2.96. The van der Waals surface area contributed by atoms with E-state index in [1.807, 2.05) is 13.8 Å². The van der Waals surface area contributed by atoms with Crippen molar-refractivity contribution in [2.45, 2.75) is 58.2 Å². The average molecular weight is 294 g/mol. The van der Waals surface area contributed by atoms with E-state index in [1.54, 1.807) is 4.90 Å². The first-order valence-electron chi connectivity index (χ1n) is 7.41. The van der Waals surface area contributed by atoms with Gasteiger partial charge in [-0.25, -0.2) is 0 Å². The lowest BCUT2D eigenvalue weighted by Gasteiger charge is -2.33. The first kappa shape index (κ1) is 17.3. The number of alkyl halides is 3. The van der Waals surface area contributed by atoms with Crippen LogP contribution in [0.1, 0.15) is 46.0 Å². The van der Waals surface area contributed by atoms with Gasteiger partial charge >= 0.3 is 6.18 Å². The summed E-state index contributed by atoms with van der Waals surface area (Å²) in [6.07, 6.45) is -1.39. The number of hydrogen-bond donors (Lipinski definition) is 1. The Morgan fingerprint density at radius 1 is 1.45 bits per heavy atom. The third-order valence-electron chi connectivity index (χ3n) is 3.73. The summed E-state index contributed by atoms with van der Waals surface area (Å²) < 4.78 is 36.6. The van der Waals surface area contributed by atoms with Gasteiger partial charge in [-0.2, -0.15) is 13.2 Å². The van der Waals surface area contributed by atoms with E-state index in [9.17, 15) is 18.0 Å². The molecule has 1 N–H and O–H groups in total. The number of carbonyl (C=O) groups is 1. The largest absolute Gasteiger partial charge is 0.390 e. The lowest BCUT2D eigenvalue weighted by Crippen LogP contribution is -2.49. The van der Waals surface area contributed by atoms with Crippen molar-refractivity contribution < 1.29 is 18.0 Å². The molecule has 0 aromatic heterocycles. The smallest absolute Gasteiger partial charge is 0.352 e. The van der Waals surface area contributed by atoms with Gasteiger partial charge in [0.25, 0.3) is 0 Å². The number of hydrogen-bond acceptors (Lipinski definition) is 2. The molecular weight excluding hydrogens is 269 g/mol. The number of amides is 1. The van der Waals surface area contributed by atoms with E-state index in [0.717, 1.165) is 25.7 Å². The van der Waals surface area contributed by atoms with Crippen molar-refractivity contribution in [3.8, 4) is 0 Å². The number of carbonyl (C=O) groups excluding carboxylic acids is 1. The normalized spacial score (nSPS) is 22.6. The summed E-state index contributed by atoms with van der Waals surface area (Å²) in [6, 6.07) is -0.0104. The van der Waals surface area contributed by atoms with Crippen molar-refractivity contribution in [2.75, 3.05) is 19.6 Å². The summed E-state index contributed by atoms with van der Waals surface area (Å²) in [4.78, 5) is 13.7. The molecule has 1 unspecified atom stereocenters. The minimum absolute atomic E-state index is 0.0104. The highest BCUT2D eigenvalue weighted by atomic mass is 19.4. The summed E-state index contributed by atoms with van der Waals surface area (Å²) in [5.41, 5.74) is 0. The monoisotopic (exact) mass is 294 g/mol. The lowest BCUT2D eigenvalue weighted by atomic mass is 10.0. The van der Waals surface area contributed by atoms with E-state index in [4.69, 9.17) is 0 Å². The Morgan fingerprint density at radius 3 is 2.75 bits per heavy atom. The molecule has 1 aliphatic rings. The topological polar surface area (TPSA) is 32.3 Å². The molecule has 2 atom stereocenters. The number of likely N-dealkylation sites (tertiary alicyclic amines) is 1. The number of halogens is 3. The second-order valence-corrected chi connectivity index (χ2v) is 5.70. The van der Waals surface area contributed by atoms with Gasteiger partial charge in [0.05, 0.1) is 6.42 Å². The van der Waals surface area contributed by atoms with Crippen LogP contribution < -0.4 is 5.32 Å². The summed E-state index contributed by atoms with van der Waals surface area (Å²) in [5, 5.41) is 2.97. The number of nitrogens with one attached hydrogen (secondary N) is 1. The fraction of sp³-hybridized carbons (Fsp3) is 0.929. The fourth-order valence-electron chi connectivity index (χ4n) is 2.57. The first-order valence-corrected chi connectivity index (χ1v) is 7.41. The molecule has 6 heteroatoms. The molecule has 20 heavy (non-hydrogen) atoms. The molecule has 3 nitrogen and oxygen atoms in total. The first-order chi connectivity index (χ1) is 9.31. The third-order valence-corrected chi connectivity index (χ3v) is 3.73. The zero-order valence-electron chi connectivity index (χ0n) is 12.3. The SMILES string of the molecule is CCCC(C)C(=O)N[C@H]1CCCN(CCC(F)(F)F)C1. The van der Waals surface area contributed by atoms with Gasteiger partial charge in [0.15, 0.2) is 0 Å². The van der Waals surface area contributed by atoms with Crippen LogP contribution in [0.15, 0.2) is 0 Å². The van der Waals surface area contributed by atoms with E-state index < -0.39 is 12.6 Å². The standard InChI is InChI=1S/C14H25F3N2O/c1-3-5-11(2)13(20)18-12-6-4-8-19(10-12)9-7-14(15,16)17/h11-12H,3-10H2,1-2H3,(H,18,20)/t11?,12-/m0/s1. The van der Waals surface area contributed by atoms with Crippen LogP contribution in [0.3, 0.4) is 0 Å². The van der Waals surface area contributed by atoms with Crippen LogP contribution in [0.4, 0.5) is 13.2 Å². The van der Waals surface area contributed by atoms with E-state index in [-0.39, 0.29) is 24.4 Å². The van der Waals surface area contributed by atoms with Gasteiger partial charge in [-0.3, -0.25) is 4.79 Å². The maximum atomic E-state index is 12.2. The Hall–Kier alpha value is -0.780. The molecule has 0 aromatic carbocycles. The van der Waals surface area contributed by atoms with Gasteiger partial charge in [0, 0.05) is 25.0 Å². The molecule has 1 aliphatic heterocycles. The maximum Gasteiger partial charge on any atom is 0.390 e. The van der Waals surface area contributed by atoms with Gasteiger partial charge in [-0.1, -0.05) is 20.3 Å². The van der Waals surface area contributed by atoms with Crippen molar-refractivity contribution in [3.63, 3.8) is 0 Å². The molecule has 118 valence electrons. The van der Waals surface area contributed by atoms with Crippen LogP contribution in [0.25, 0.3) is 0 Å². The second-order valence-electron chi connectivity index (χ2n) is 5.70. The second kappa shape index (κ2) is 7.86. The zero-order chi connectivity index (χ0) is 15.2. The summed E-state index contributed by atoms with van der Waals surface area (Å²) in [5.74, 6) is 0.0000676. The van der Waals surface area contributed by atoms with Crippen LogP contribution in [0, 0.1) is 5.92 Å². The minimum atomic E-state index is -4.11. The van der Waals surface area contributed by atoms with Crippen LogP contribution in [-0.2, 0) is 4.79 Å². The Balaban J connectivity index is 2.35. The molecule has 0 radical (unpaired) electrons. The molecule has 0 spiro atoms. The molecule has 0 aromatic rings. The van der Waals surface area contributed by atoms with Gasteiger partial charge in [-0.05, 0) is 25.8 Å². The van der Waals surface area contributed by atoms with E-state index in [1.165, 1.54) is 0 Å². The van der Waals surface area contributed by atoms with Crippen molar-refractivity contribution in [3.05, 3.63) is 0 Å². The highest BCUT2D eigenvalue weighted by Gasteiger charge is 2.29. The summed E-state index contributed by atoms with van der Waals surface area (Å²) in [7, 11) is 0.